The maximum atomic E-state index is 12.3. The van der Waals surface area contributed by atoms with Crippen LogP contribution in [0.25, 0.3) is 6.08 Å². The van der Waals surface area contributed by atoms with Crippen LogP contribution >= 0.6 is 0 Å². The number of benzene rings is 2. The van der Waals surface area contributed by atoms with Crippen LogP contribution in [0.5, 0.6) is 0 Å². The van der Waals surface area contributed by atoms with Crippen LogP contribution in [0, 0.1) is 11.3 Å². The molecule has 0 bridgehead atoms. The molecular weight excluding hydrogens is 222 g/mol. The zero-order chi connectivity index (χ0) is 12.8. The quantitative estimate of drug-likeness (QED) is 0.601. The molecule has 0 radical (unpaired) electrons. The molecule has 0 N–H and O–H groups in total. The zero-order valence-corrected chi connectivity index (χ0v) is 9.71. The Labute approximate surface area is 106 Å². The minimum Gasteiger partial charge on any atom is -0.289 e. The van der Waals surface area contributed by atoms with Gasteiger partial charge in [0.1, 0.15) is 0 Å². The Hall–Kier alpha value is -2.66. The highest BCUT2D eigenvalue weighted by atomic mass is 16.1. The molecule has 0 atom stereocenters. The van der Waals surface area contributed by atoms with Crippen LogP contribution in [0.1, 0.15) is 21.5 Å². The summed E-state index contributed by atoms with van der Waals surface area (Å²) in [6.07, 6.45) is 3.02. The Bertz CT molecular complexity index is 621. The van der Waals surface area contributed by atoms with Gasteiger partial charge in [0.05, 0.1) is 6.07 Å². The number of nitrogens with zero attached hydrogens (tertiary/aromatic N) is 1. The fourth-order valence-corrected chi connectivity index (χ4v) is 1.72. The normalized spacial score (nSPS) is 10.2. The lowest BCUT2D eigenvalue weighted by Crippen LogP contribution is -2.02. The van der Waals surface area contributed by atoms with Crippen LogP contribution in [0.15, 0.2) is 60.7 Å². The van der Waals surface area contributed by atoms with Gasteiger partial charge in [-0.1, -0.05) is 54.6 Å². The molecule has 2 aromatic carbocycles. The van der Waals surface area contributed by atoms with Crippen molar-refractivity contribution in [3.63, 3.8) is 0 Å². The Morgan fingerprint density at radius 2 is 1.67 bits per heavy atom. The van der Waals surface area contributed by atoms with Crippen molar-refractivity contribution in [2.24, 2.45) is 0 Å². The van der Waals surface area contributed by atoms with Crippen molar-refractivity contribution in [1.29, 1.82) is 5.26 Å². The van der Waals surface area contributed by atoms with Crippen molar-refractivity contribution in [2.45, 2.75) is 0 Å². The summed E-state index contributed by atoms with van der Waals surface area (Å²) in [4.78, 5) is 12.3. The van der Waals surface area contributed by atoms with Crippen LogP contribution in [0.3, 0.4) is 0 Å². The van der Waals surface area contributed by atoms with E-state index in [9.17, 15) is 4.79 Å². The second-order valence-corrected chi connectivity index (χ2v) is 3.74. The van der Waals surface area contributed by atoms with E-state index in [4.69, 9.17) is 5.26 Å². The summed E-state index contributed by atoms with van der Waals surface area (Å²) in [6, 6.07) is 18.3. The molecule has 0 aliphatic heterocycles. The number of ketones is 1. The van der Waals surface area contributed by atoms with Crippen molar-refractivity contribution in [3.05, 3.63) is 77.4 Å². The Morgan fingerprint density at radius 3 is 2.39 bits per heavy atom. The second-order valence-electron chi connectivity index (χ2n) is 3.74. The Kier molecular flexibility index (Phi) is 3.68. The van der Waals surface area contributed by atoms with Gasteiger partial charge in [0.2, 0.25) is 0 Å². The van der Waals surface area contributed by atoms with E-state index >= 15 is 0 Å². The highest BCUT2D eigenvalue weighted by Crippen LogP contribution is 2.15. The summed E-state index contributed by atoms with van der Waals surface area (Å²) in [5.74, 6) is -0.0335. The van der Waals surface area contributed by atoms with Gasteiger partial charge in [-0.3, -0.25) is 4.79 Å². The average molecular weight is 233 g/mol. The summed E-state index contributed by atoms with van der Waals surface area (Å²) in [5.41, 5.74) is 2.01. The lowest BCUT2D eigenvalue weighted by atomic mass is 9.98. The van der Waals surface area contributed by atoms with Crippen molar-refractivity contribution >= 4 is 11.9 Å². The highest BCUT2D eigenvalue weighted by molar-refractivity contribution is 6.11. The third-order valence-electron chi connectivity index (χ3n) is 2.58. The fraction of sp³-hybridized carbons (Fsp3) is 0. The standard InChI is InChI=1S/C16H11NO/c17-12-6-10-13-7-4-5-11-15(13)16(18)14-8-2-1-3-9-14/h1-11H/b10-6+. The largest absolute Gasteiger partial charge is 0.289 e. The first kappa shape index (κ1) is 11.8. The molecule has 0 amide bonds. The summed E-state index contributed by atoms with van der Waals surface area (Å²) >= 11 is 0. The average Bonchev–Trinajstić information content (AvgIpc) is 2.45. The van der Waals surface area contributed by atoms with E-state index < -0.39 is 0 Å². The molecule has 2 nitrogen and oxygen atoms in total. The van der Waals surface area contributed by atoms with Crippen molar-refractivity contribution in [2.75, 3.05) is 0 Å². The van der Waals surface area contributed by atoms with Gasteiger partial charge in [-0.25, -0.2) is 0 Å². The third-order valence-corrected chi connectivity index (χ3v) is 2.58. The van der Waals surface area contributed by atoms with Crippen LogP contribution in [-0.2, 0) is 0 Å². The zero-order valence-electron chi connectivity index (χ0n) is 9.71. The number of hydrogen-bond donors (Lipinski definition) is 0. The van der Waals surface area contributed by atoms with E-state index in [1.54, 1.807) is 24.3 Å². The van der Waals surface area contributed by atoms with Gasteiger partial charge in [-0.2, -0.15) is 5.26 Å². The van der Waals surface area contributed by atoms with Crippen LogP contribution in [0.4, 0.5) is 0 Å². The van der Waals surface area contributed by atoms with Crippen LogP contribution in [-0.4, -0.2) is 5.78 Å². The van der Waals surface area contributed by atoms with E-state index in [1.165, 1.54) is 6.08 Å². The predicted octanol–water partition coefficient (Wildman–Crippen LogP) is 3.45. The molecule has 0 spiro atoms. The smallest absolute Gasteiger partial charge is 0.193 e. The first-order chi connectivity index (χ1) is 8.83. The lowest BCUT2D eigenvalue weighted by molar-refractivity contribution is 0.103. The number of rotatable bonds is 3. The van der Waals surface area contributed by atoms with Gasteiger partial charge in [-0.05, 0) is 11.6 Å². The topological polar surface area (TPSA) is 40.9 Å². The predicted molar refractivity (Wildman–Crippen MR) is 71.0 cm³/mol. The minimum atomic E-state index is -0.0335. The number of carbonyl (C=O) groups is 1. The first-order valence-electron chi connectivity index (χ1n) is 5.58. The van der Waals surface area contributed by atoms with Crippen molar-refractivity contribution in [3.8, 4) is 6.07 Å². The van der Waals surface area contributed by atoms with Gasteiger partial charge in [0, 0.05) is 17.2 Å². The lowest BCUT2D eigenvalue weighted by Gasteiger charge is -2.04. The second kappa shape index (κ2) is 5.60. The molecule has 0 fully saturated rings. The molecule has 86 valence electrons. The third kappa shape index (κ3) is 2.53. The van der Waals surface area contributed by atoms with Gasteiger partial charge < -0.3 is 0 Å². The summed E-state index contributed by atoms with van der Waals surface area (Å²) in [7, 11) is 0. The number of hydrogen-bond acceptors (Lipinski definition) is 2. The number of carbonyl (C=O) groups excluding carboxylic acids is 1. The highest BCUT2D eigenvalue weighted by Gasteiger charge is 2.10. The molecule has 0 saturated carbocycles. The maximum Gasteiger partial charge on any atom is 0.193 e. The van der Waals surface area contributed by atoms with Crippen molar-refractivity contribution in [1.82, 2.24) is 0 Å². The summed E-state index contributed by atoms with van der Waals surface area (Å²) in [5, 5.41) is 8.55. The van der Waals surface area contributed by atoms with Crippen LogP contribution in [0.2, 0.25) is 0 Å². The van der Waals surface area contributed by atoms with Crippen LogP contribution < -0.4 is 0 Å². The molecule has 2 heteroatoms. The molecular formula is C16H11NO. The van der Waals surface area contributed by atoms with E-state index in [1.807, 2.05) is 42.5 Å². The van der Waals surface area contributed by atoms with Crippen molar-refractivity contribution < 1.29 is 4.79 Å². The van der Waals surface area contributed by atoms with Gasteiger partial charge in [-0.15, -0.1) is 0 Å². The van der Waals surface area contributed by atoms with E-state index in [2.05, 4.69) is 0 Å². The van der Waals surface area contributed by atoms with E-state index in [0.717, 1.165) is 5.56 Å². The molecule has 0 aliphatic rings. The molecule has 2 rings (SSSR count). The van der Waals surface area contributed by atoms with Gasteiger partial charge in [0.25, 0.3) is 0 Å². The summed E-state index contributed by atoms with van der Waals surface area (Å²) in [6.45, 7) is 0. The molecule has 0 heterocycles. The summed E-state index contributed by atoms with van der Waals surface area (Å²) < 4.78 is 0. The van der Waals surface area contributed by atoms with Gasteiger partial charge in [0.15, 0.2) is 5.78 Å². The van der Waals surface area contributed by atoms with E-state index in [0.29, 0.717) is 11.1 Å². The SMILES string of the molecule is N#C/C=C/c1ccccc1C(=O)c1ccccc1. The molecule has 0 unspecified atom stereocenters. The maximum absolute atomic E-state index is 12.3. The van der Waals surface area contributed by atoms with Gasteiger partial charge >= 0.3 is 0 Å². The Morgan fingerprint density at radius 1 is 1.00 bits per heavy atom. The number of allylic oxidation sites excluding steroid dienone is 1. The Balaban J connectivity index is 2.43. The fourth-order valence-electron chi connectivity index (χ4n) is 1.72. The molecule has 2 aromatic rings. The number of nitriles is 1. The monoisotopic (exact) mass is 233 g/mol. The molecule has 0 aliphatic carbocycles. The minimum absolute atomic E-state index is 0.0335. The molecule has 0 saturated heterocycles. The van der Waals surface area contributed by atoms with E-state index in [-0.39, 0.29) is 5.78 Å². The molecule has 0 aromatic heterocycles. The molecule has 18 heavy (non-hydrogen) atoms. The first-order valence-corrected chi connectivity index (χ1v) is 5.58.